The van der Waals surface area contributed by atoms with Crippen LogP contribution in [0.3, 0.4) is 0 Å². The monoisotopic (exact) mass is 398 g/mol. The van der Waals surface area contributed by atoms with E-state index in [4.69, 9.17) is 9.47 Å². The third kappa shape index (κ3) is 4.18. The molecule has 0 radical (unpaired) electrons. The first-order valence-corrected chi connectivity index (χ1v) is 9.93. The van der Waals surface area contributed by atoms with E-state index in [1.807, 2.05) is 111 Å². The van der Waals surface area contributed by atoms with Crippen molar-refractivity contribution in [2.45, 2.75) is 0 Å². The van der Waals surface area contributed by atoms with E-state index in [0.29, 0.717) is 0 Å². The van der Waals surface area contributed by atoms with Crippen LogP contribution in [0.25, 0.3) is 10.8 Å². The first kappa shape index (κ1) is 19.6. The molecule has 0 saturated heterocycles. The summed E-state index contributed by atoms with van der Waals surface area (Å²) in [5.74, 6) is 3.24. The summed E-state index contributed by atoms with van der Waals surface area (Å²) in [7, 11) is 8.05. The molecule has 0 aliphatic heterocycles. The van der Waals surface area contributed by atoms with Crippen LogP contribution in [0.15, 0.2) is 84.9 Å². The van der Waals surface area contributed by atoms with Gasteiger partial charge < -0.3 is 19.3 Å². The fourth-order valence-corrected chi connectivity index (χ4v) is 3.41. The van der Waals surface area contributed by atoms with Crippen LogP contribution in [0.4, 0.5) is 11.4 Å². The highest BCUT2D eigenvalue weighted by atomic mass is 16.5. The minimum Gasteiger partial charge on any atom is -0.455 e. The number of hydrogen-bond donors (Lipinski definition) is 0. The summed E-state index contributed by atoms with van der Waals surface area (Å²) in [5.41, 5.74) is 2.07. The summed E-state index contributed by atoms with van der Waals surface area (Å²) in [6.07, 6.45) is 0. The van der Waals surface area contributed by atoms with Crippen LogP contribution in [0.5, 0.6) is 23.0 Å². The second-order valence-electron chi connectivity index (χ2n) is 7.60. The van der Waals surface area contributed by atoms with Crippen LogP contribution >= 0.6 is 0 Å². The Kier molecular flexibility index (Phi) is 5.48. The van der Waals surface area contributed by atoms with Gasteiger partial charge in [-0.25, -0.2) is 0 Å². The Morgan fingerprint density at radius 3 is 1.37 bits per heavy atom. The molecule has 0 amide bonds. The maximum absolute atomic E-state index is 6.20. The second kappa shape index (κ2) is 8.37. The van der Waals surface area contributed by atoms with E-state index in [9.17, 15) is 0 Å². The number of ether oxygens (including phenoxy) is 2. The van der Waals surface area contributed by atoms with Gasteiger partial charge in [0.2, 0.25) is 0 Å². The quantitative estimate of drug-likeness (QED) is 0.367. The fourth-order valence-electron chi connectivity index (χ4n) is 3.41. The van der Waals surface area contributed by atoms with Gasteiger partial charge >= 0.3 is 0 Å². The van der Waals surface area contributed by atoms with Gasteiger partial charge in [0.15, 0.2) is 11.5 Å². The first-order chi connectivity index (χ1) is 14.5. The Balaban J connectivity index is 1.64. The molecule has 4 rings (SSSR count). The first-order valence-electron chi connectivity index (χ1n) is 9.93. The molecule has 0 aromatic heterocycles. The molecular weight excluding hydrogens is 372 g/mol. The van der Waals surface area contributed by atoms with Gasteiger partial charge in [-0.15, -0.1) is 0 Å². The fraction of sp³-hybridized carbons (Fsp3) is 0.154. The lowest BCUT2D eigenvalue weighted by molar-refractivity contribution is 0.482. The highest BCUT2D eigenvalue weighted by Gasteiger charge is 2.09. The average Bonchev–Trinajstić information content (AvgIpc) is 2.74. The summed E-state index contributed by atoms with van der Waals surface area (Å²) < 4.78 is 12.4. The lowest BCUT2D eigenvalue weighted by Gasteiger charge is -2.18. The van der Waals surface area contributed by atoms with Crippen LogP contribution in [0.1, 0.15) is 0 Å². The molecule has 0 aliphatic rings. The molecular formula is C26H26N2O2. The molecule has 0 bridgehead atoms. The smallest absolute Gasteiger partial charge is 0.150 e. The summed E-state index contributed by atoms with van der Waals surface area (Å²) >= 11 is 0. The molecule has 0 atom stereocenters. The zero-order chi connectivity index (χ0) is 21.1. The molecule has 0 heterocycles. The third-order valence-electron chi connectivity index (χ3n) is 4.93. The minimum absolute atomic E-state index is 0.794. The molecule has 0 unspecified atom stereocenters. The molecule has 0 aliphatic carbocycles. The van der Waals surface area contributed by atoms with Gasteiger partial charge in [0.1, 0.15) is 11.5 Å². The Morgan fingerprint density at radius 2 is 0.933 bits per heavy atom. The number of hydrogen-bond acceptors (Lipinski definition) is 4. The third-order valence-corrected chi connectivity index (χ3v) is 4.93. The standard InChI is InChI=1S/C26H26N2O2/c1-27(2)23-9-5-7-11-25(23)29-21-15-13-19-14-16-22(18-20(19)17-21)30-26-12-8-6-10-24(26)28(3)4/h5-18H,1-4H3. The molecule has 4 aromatic carbocycles. The summed E-state index contributed by atoms with van der Waals surface area (Å²) in [6, 6.07) is 28.3. The van der Waals surface area contributed by atoms with E-state index < -0.39 is 0 Å². The molecule has 4 heteroatoms. The van der Waals surface area contributed by atoms with Gasteiger partial charge in [0.05, 0.1) is 11.4 Å². The zero-order valence-electron chi connectivity index (χ0n) is 17.8. The molecule has 0 fully saturated rings. The van der Waals surface area contributed by atoms with Gasteiger partial charge in [-0.3, -0.25) is 0 Å². The Morgan fingerprint density at radius 1 is 0.500 bits per heavy atom. The highest BCUT2D eigenvalue weighted by molar-refractivity contribution is 5.85. The maximum atomic E-state index is 6.20. The average molecular weight is 399 g/mol. The van der Waals surface area contributed by atoms with E-state index in [1.54, 1.807) is 0 Å². The lowest BCUT2D eigenvalue weighted by Crippen LogP contribution is -2.09. The normalized spacial score (nSPS) is 10.7. The van der Waals surface area contributed by atoms with Crippen LogP contribution in [0, 0.1) is 0 Å². The molecule has 0 spiro atoms. The van der Waals surface area contributed by atoms with Gasteiger partial charge in [-0.1, -0.05) is 36.4 Å². The Labute approximate surface area is 177 Å². The minimum atomic E-state index is 0.794. The van der Waals surface area contributed by atoms with Crippen molar-refractivity contribution in [2.24, 2.45) is 0 Å². The van der Waals surface area contributed by atoms with Crippen LogP contribution in [-0.2, 0) is 0 Å². The van der Waals surface area contributed by atoms with E-state index in [2.05, 4.69) is 12.1 Å². The van der Waals surface area contributed by atoms with Gasteiger partial charge in [0.25, 0.3) is 0 Å². The van der Waals surface area contributed by atoms with Crippen molar-refractivity contribution in [3.8, 4) is 23.0 Å². The highest BCUT2D eigenvalue weighted by Crippen LogP contribution is 2.35. The van der Waals surface area contributed by atoms with Crippen molar-refractivity contribution >= 4 is 22.1 Å². The number of anilines is 2. The van der Waals surface area contributed by atoms with Gasteiger partial charge in [-0.05, 0) is 59.3 Å². The number of nitrogens with zero attached hydrogens (tertiary/aromatic N) is 2. The summed E-state index contributed by atoms with van der Waals surface area (Å²) in [6.45, 7) is 0. The lowest BCUT2D eigenvalue weighted by atomic mass is 10.1. The topological polar surface area (TPSA) is 24.9 Å². The van der Waals surface area contributed by atoms with E-state index in [0.717, 1.165) is 45.1 Å². The van der Waals surface area contributed by atoms with Crippen molar-refractivity contribution < 1.29 is 9.47 Å². The van der Waals surface area contributed by atoms with Crippen molar-refractivity contribution in [1.82, 2.24) is 0 Å². The molecule has 4 aromatic rings. The summed E-state index contributed by atoms with van der Waals surface area (Å²) in [5, 5.41) is 2.20. The van der Waals surface area contributed by atoms with Crippen LogP contribution in [0.2, 0.25) is 0 Å². The predicted molar refractivity (Wildman–Crippen MR) is 126 cm³/mol. The van der Waals surface area contributed by atoms with Crippen molar-refractivity contribution in [3.63, 3.8) is 0 Å². The Hall–Kier alpha value is -3.66. The number of benzene rings is 4. The van der Waals surface area contributed by atoms with Crippen molar-refractivity contribution in [1.29, 1.82) is 0 Å². The van der Waals surface area contributed by atoms with Crippen molar-refractivity contribution in [3.05, 3.63) is 84.9 Å². The van der Waals surface area contributed by atoms with E-state index in [-0.39, 0.29) is 0 Å². The maximum Gasteiger partial charge on any atom is 0.150 e. The molecule has 152 valence electrons. The van der Waals surface area contributed by atoms with Gasteiger partial charge in [0, 0.05) is 28.2 Å². The predicted octanol–water partition coefficient (Wildman–Crippen LogP) is 6.56. The molecule has 30 heavy (non-hydrogen) atoms. The number of rotatable bonds is 6. The van der Waals surface area contributed by atoms with Crippen molar-refractivity contribution in [2.75, 3.05) is 38.0 Å². The van der Waals surface area contributed by atoms with Crippen LogP contribution < -0.4 is 19.3 Å². The molecule has 4 nitrogen and oxygen atoms in total. The molecule has 0 saturated carbocycles. The number of para-hydroxylation sites is 4. The molecule has 0 N–H and O–H groups in total. The van der Waals surface area contributed by atoms with Gasteiger partial charge in [-0.2, -0.15) is 0 Å². The SMILES string of the molecule is CN(C)c1ccccc1Oc1ccc2ccc(Oc3ccccc3N(C)C)cc2c1. The number of fused-ring (bicyclic) bond motifs is 1. The van der Waals surface area contributed by atoms with Crippen LogP contribution in [-0.4, -0.2) is 28.2 Å². The van der Waals surface area contributed by atoms with E-state index >= 15 is 0 Å². The summed E-state index contributed by atoms with van der Waals surface area (Å²) in [4.78, 5) is 4.09. The Bertz CT molecular complexity index is 1080. The zero-order valence-corrected chi connectivity index (χ0v) is 17.8. The largest absolute Gasteiger partial charge is 0.455 e. The van der Waals surface area contributed by atoms with E-state index in [1.165, 1.54) is 0 Å². The second-order valence-corrected chi connectivity index (χ2v) is 7.60.